The molecule has 0 aromatic heterocycles. The molecule has 1 fully saturated rings. The molecule has 1 atom stereocenters. The number of hydrogen-bond acceptors (Lipinski definition) is 8. The zero-order valence-corrected chi connectivity index (χ0v) is 11.1. The summed E-state index contributed by atoms with van der Waals surface area (Å²) in [6.07, 6.45) is -0.114. The van der Waals surface area contributed by atoms with E-state index in [1.54, 1.807) is 24.9 Å². The summed E-state index contributed by atoms with van der Waals surface area (Å²) in [7, 11) is 1.80. The van der Waals surface area contributed by atoms with Crippen molar-refractivity contribution in [3.05, 3.63) is 0 Å². The van der Waals surface area contributed by atoms with Crippen LogP contribution in [0.15, 0.2) is 5.16 Å². The Morgan fingerprint density at radius 2 is 2.47 bits per heavy atom. The maximum absolute atomic E-state index is 11.2. The molecule has 1 heterocycles. The Hall–Kier alpha value is -1.69. The van der Waals surface area contributed by atoms with Crippen LogP contribution in [0.4, 0.5) is 0 Å². The van der Waals surface area contributed by atoms with Gasteiger partial charge in [-0.1, -0.05) is 5.16 Å². The first kappa shape index (κ1) is 15.4. The number of oxime groups is 1. The van der Waals surface area contributed by atoms with Crippen LogP contribution in [0.25, 0.3) is 0 Å². The number of carbonyl (C=O) groups excluding carboxylic acids is 1. The second-order valence-corrected chi connectivity index (χ2v) is 3.82. The van der Waals surface area contributed by atoms with E-state index in [-0.39, 0.29) is 19.6 Å². The lowest BCUT2D eigenvalue weighted by molar-refractivity contribution is -0.135. The van der Waals surface area contributed by atoms with Gasteiger partial charge in [0.15, 0.2) is 6.73 Å². The van der Waals surface area contributed by atoms with Crippen LogP contribution < -0.4 is 5.32 Å². The Morgan fingerprint density at radius 1 is 1.68 bits per heavy atom. The van der Waals surface area contributed by atoms with Crippen molar-refractivity contribution in [2.75, 3.05) is 40.1 Å². The van der Waals surface area contributed by atoms with Gasteiger partial charge < -0.3 is 19.6 Å². The van der Waals surface area contributed by atoms with Crippen LogP contribution in [-0.2, 0) is 19.1 Å². The second kappa shape index (κ2) is 8.42. The molecule has 0 radical (unpaired) electrons. The monoisotopic (exact) mass is 270 g/mol. The van der Waals surface area contributed by atoms with Crippen LogP contribution in [0.2, 0.25) is 0 Å². The second-order valence-electron chi connectivity index (χ2n) is 3.82. The highest BCUT2D eigenvalue weighted by Gasteiger charge is 2.19. The predicted octanol–water partition coefficient (Wildman–Crippen LogP) is -0.719. The first-order valence-corrected chi connectivity index (χ1v) is 5.98. The highest BCUT2D eigenvalue weighted by molar-refractivity contribution is 6.42. The van der Waals surface area contributed by atoms with Gasteiger partial charge in [0.2, 0.25) is 0 Å². The van der Waals surface area contributed by atoms with Crippen molar-refractivity contribution in [1.82, 2.24) is 10.2 Å². The van der Waals surface area contributed by atoms with E-state index in [0.717, 1.165) is 6.54 Å². The maximum Gasteiger partial charge on any atom is 0.371 e. The molecule has 106 valence electrons. The summed E-state index contributed by atoms with van der Waals surface area (Å²) in [6.45, 7) is 4.08. The summed E-state index contributed by atoms with van der Waals surface area (Å²) in [5, 5.41) is 15.4. The molecule has 0 spiro atoms. The number of morpholine rings is 1. The van der Waals surface area contributed by atoms with E-state index in [4.69, 9.17) is 14.8 Å². The third kappa shape index (κ3) is 5.21. The molecule has 8 nitrogen and oxygen atoms in total. The number of hydrogen-bond donors (Lipinski definition) is 1. The SMILES string of the molecule is CCOC(=O)/C(C#N)=N/OCN(C)C1CNCCO1. The van der Waals surface area contributed by atoms with Gasteiger partial charge in [0, 0.05) is 13.1 Å². The third-order valence-corrected chi connectivity index (χ3v) is 2.39. The van der Waals surface area contributed by atoms with Crippen molar-refractivity contribution in [2.45, 2.75) is 13.2 Å². The van der Waals surface area contributed by atoms with Crippen LogP contribution in [-0.4, -0.2) is 62.9 Å². The van der Waals surface area contributed by atoms with Crippen molar-refractivity contribution in [3.63, 3.8) is 0 Å². The molecular weight excluding hydrogens is 252 g/mol. The average Bonchev–Trinajstić information content (AvgIpc) is 2.44. The van der Waals surface area contributed by atoms with E-state index in [9.17, 15) is 4.79 Å². The lowest BCUT2D eigenvalue weighted by Gasteiger charge is -2.30. The molecule has 1 saturated heterocycles. The Labute approximate surface area is 111 Å². The van der Waals surface area contributed by atoms with Crippen molar-refractivity contribution in [3.8, 4) is 6.07 Å². The molecule has 1 rings (SSSR count). The summed E-state index contributed by atoms with van der Waals surface area (Å²) in [5.74, 6) is -0.789. The number of carbonyl (C=O) groups is 1. The van der Waals surface area contributed by atoms with Gasteiger partial charge >= 0.3 is 5.97 Å². The smallest absolute Gasteiger partial charge is 0.371 e. The lowest BCUT2D eigenvalue weighted by Crippen LogP contribution is -2.48. The lowest BCUT2D eigenvalue weighted by atomic mass is 10.4. The molecule has 0 aromatic rings. The summed E-state index contributed by atoms with van der Waals surface area (Å²) < 4.78 is 10.1. The van der Waals surface area contributed by atoms with Gasteiger partial charge in [-0.3, -0.25) is 0 Å². The van der Waals surface area contributed by atoms with E-state index in [0.29, 0.717) is 13.2 Å². The van der Waals surface area contributed by atoms with E-state index in [2.05, 4.69) is 15.2 Å². The topological polar surface area (TPSA) is 96.2 Å². The van der Waals surface area contributed by atoms with E-state index in [1.807, 2.05) is 0 Å². The molecular formula is C11H18N4O4. The molecule has 19 heavy (non-hydrogen) atoms. The quantitative estimate of drug-likeness (QED) is 0.294. The first-order valence-electron chi connectivity index (χ1n) is 5.98. The number of ether oxygens (including phenoxy) is 2. The molecule has 1 N–H and O–H groups in total. The number of nitrogens with zero attached hydrogens (tertiary/aromatic N) is 3. The fourth-order valence-corrected chi connectivity index (χ4v) is 1.41. The Kier molecular flexibility index (Phi) is 6.81. The number of likely N-dealkylation sites (N-methyl/N-ethyl adjacent to an activating group) is 1. The number of rotatable bonds is 6. The van der Waals surface area contributed by atoms with Gasteiger partial charge in [0.25, 0.3) is 5.71 Å². The minimum Gasteiger partial charge on any atom is -0.461 e. The summed E-state index contributed by atoms with van der Waals surface area (Å²) in [6, 6.07) is 1.63. The van der Waals surface area contributed by atoms with Crippen LogP contribution >= 0.6 is 0 Å². The Balaban J connectivity index is 2.38. The molecule has 1 aliphatic heterocycles. The van der Waals surface area contributed by atoms with Crippen molar-refractivity contribution < 1.29 is 19.1 Å². The molecule has 0 aromatic carbocycles. The average molecular weight is 270 g/mol. The molecule has 0 saturated carbocycles. The zero-order chi connectivity index (χ0) is 14.1. The van der Waals surface area contributed by atoms with Crippen LogP contribution in [0.1, 0.15) is 6.92 Å². The minimum atomic E-state index is -0.789. The minimum absolute atomic E-state index is 0.108. The van der Waals surface area contributed by atoms with Gasteiger partial charge in [0.1, 0.15) is 12.3 Å². The summed E-state index contributed by atoms with van der Waals surface area (Å²) in [4.78, 5) is 18.0. The fraction of sp³-hybridized carbons (Fsp3) is 0.727. The van der Waals surface area contributed by atoms with Crippen molar-refractivity contribution in [1.29, 1.82) is 5.26 Å². The third-order valence-electron chi connectivity index (χ3n) is 2.39. The Bertz CT molecular complexity index is 360. The van der Waals surface area contributed by atoms with E-state index in [1.165, 1.54) is 0 Å². The van der Waals surface area contributed by atoms with Gasteiger partial charge in [-0.05, 0) is 14.0 Å². The molecule has 1 aliphatic rings. The van der Waals surface area contributed by atoms with E-state index < -0.39 is 11.7 Å². The maximum atomic E-state index is 11.2. The van der Waals surface area contributed by atoms with Crippen LogP contribution in [0.3, 0.4) is 0 Å². The highest BCUT2D eigenvalue weighted by atomic mass is 16.6. The fourth-order valence-electron chi connectivity index (χ4n) is 1.41. The van der Waals surface area contributed by atoms with Gasteiger partial charge in [-0.2, -0.15) is 5.26 Å². The molecule has 8 heteroatoms. The van der Waals surface area contributed by atoms with Crippen molar-refractivity contribution in [2.24, 2.45) is 5.16 Å². The predicted molar refractivity (Wildman–Crippen MR) is 66.0 cm³/mol. The van der Waals surface area contributed by atoms with Crippen molar-refractivity contribution >= 4 is 11.7 Å². The molecule has 1 unspecified atom stereocenters. The zero-order valence-electron chi connectivity index (χ0n) is 11.1. The van der Waals surface area contributed by atoms with Gasteiger partial charge in [0.05, 0.1) is 13.2 Å². The first-order chi connectivity index (χ1) is 9.19. The number of nitriles is 1. The van der Waals surface area contributed by atoms with Gasteiger partial charge in [-0.15, -0.1) is 0 Å². The van der Waals surface area contributed by atoms with Crippen LogP contribution in [0.5, 0.6) is 0 Å². The number of esters is 1. The molecule has 0 aliphatic carbocycles. The number of nitrogens with one attached hydrogen (secondary N) is 1. The summed E-state index contributed by atoms with van der Waals surface area (Å²) >= 11 is 0. The standard InChI is InChI=1S/C11H18N4O4/c1-3-17-11(16)9(6-12)14-19-8-15(2)10-7-13-4-5-18-10/h10,13H,3-5,7-8H2,1-2H3/b14-9+. The van der Waals surface area contributed by atoms with Crippen LogP contribution in [0, 0.1) is 11.3 Å². The Morgan fingerprint density at radius 3 is 3.05 bits per heavy atom. The van der Waals surface area contributed by atoms with E-state index >= 15 is 0 Å². The highest BCUT2D eigenvalue weighted by Crippen LogP contribution is 2.01. The largest absolute Gasteiger partial charge is 0.461 e. The van der Waals surface area contributed by atoms with Gasteiger partial charge in [-0.25, -0.2) is 9.69 Å². The molecule has 0 bridgehead atoms. The normalized spacial score (nSPS) is 19.9. The molecule has 0 amide bonds. The summed E-state index contributed by atoms with van der Waals surface area (Å²) in [5.41, 5.74) is -0.405.